The van der Waals surface area contributed by atoms with Gasteiger partial charge < -0.3 is 5.32 Å². The number of hydrogen-bond acceptors (Lipinski definition) is 3. The predicted molar refractivity (Wildman–Crippen MR) is 58.9 cm³/mol. The average Bonchev–Trinajstić information content (AvgIpc) is 2.17. The number of nitrogens with one attached hydrogen (secondary N) is 1. The van der Waals surface area contributed by atoms with E-state index in [0.29, 0.717) is 6.04 Å². The predicted octanol–water partition coefficient (Wildman–Crippen LogP) is 1.92. The molecular formula is C10H16N2S. The second kappa shape index (κ2) is 6.00. The largest absolute Gasteiger partial charge is 0.308 e. The Balaban J connectivity index is 2.27. The Morgan fingerprint density at radius 3 is 3.00 bits per heavy atom. The summed E-state index contributed by atoms with van der Waals surface area (Å²) in [4.78, 5) is 4.24. The van der Waals surface area contributed by atoms with Crippen LogP contribution in [0.3, 0.4) is 0 Å². The van der Waals surface area contributed by atoms with Gasteiger partial charge in [-0.1, -0.05) is 6.07 Å². The van der Waals surface area contributed by atoms with Gasteiger partial charge in [0.15, 0.2) is 0 Å². The van der Waals surface area contributed by atoms with Crippen molar-refractivity contribution in [2.45, 2.75) is 19.5 Å². The van der Waals surface area contributed by atoms with Gasteiger partial charge in [-0.25, -0.2) is 0 Å². The van der Waals surface area contributed by atoms with Crippen molar-refractivity contribution in [3.05, 3.63) is 30.1 Å². The van der Waals surface area contributed by atoms with Crippen LogP contribution in [0.4, 0.5) is 0 Å². The SMILES string of the molecule is CSCC(C)NCc1ccccn1. The van der Waals surface area contributed by atoms with Crippen LogP contribution in [-0.4, -0.2) is 23.0 Å². The van der Waals surface area contributed by atoms with Crippen molar-refractivity contribution in [2.24, 2.45) is 0 Å². The van der Waals surface area contributed by atoms with Gasteiger partial charge in [0, 0.05) is 24.5 Å². The summed E-state index contributed by atoms with van der Waals surface area (Å²) in [6, 6.07) is 6.55. The number of hydrogen-bond donors (Lipinski definition) is 1. The third kappa shape index (κ3) is 4.29. The Morgan fingerprint density at radius 2 is 2.38 bits per heavy atom. The van der Waals surface area contributed by atoms with Gasteiger partial charge in [0.1, 0.15) is 0 Å². The van der Waals surface area contributed by atoms with E-state index in [2.05, 4.69) is 23.5 Å². The highest BCUT2D eigenvalue weighted by atomic mass is 32.2. The Hall–Kier alpha value is -0.540. The average molecular weight is 196 g/mol. The maximum absolute atomic E-state index is 4.24. The van der Waals surface area contributed by atoms with Crippen molar-refractivity contribution in [3.8, 4) is 0 Å². The fourth-order valence-corrected chi connectivity index (χ4v) is 1.71. The van der Waals surface area contributed by atoms with Gasteiger partial charge in [0.2, 0.25) is 0 Å². The summed E-state index contributed by atoms with van der Waals surface area (Å²) in [5, 5.41) is 3.42. The van der Waals surface area contributed by atoms with Gasteiger partial charge in [-0.15, -0.1) is 0 Å². The van der Waals surface area contributed by atoms with Gasteiger partial charge in [-0.05, 0) is 25.3 Å². The second-order valence-electron chi connectivity index (χ2n) is 3.06. The van der Waals surface area contributed by atoms with Crippen molar-refractivity contribution in [1.82, 2.24) is 10.3 Å². The first-order valence-corrected chi connectivity index (χ1v) is 5.84. The lowest BCUT2D eigenvalue weighted by atomic mass is 10.3. The van der Waals surface area contributed by atoms with Crippen molar-refractivity contribution in [3.63, 3.8) is 0 Å². The maximum atomic E-state index is 4.24. The molecule has 0 aliphatic carbocycles. The Labute approximate surface area is 84.1 Å². The van der Waals surface area contributed by atoms with Gasteiger partial charge in [-0.3, -0.25) is 4.98 Å². The van der Waals surface area contributed by atoms with Crippen molar-refractivity contribution in [1.29, 1.82) is 0 Å². The highest BCUT2D eigenvalue weighted by Crippen LogP contribution is 1.98. The lowest BCUT2D eigenvalue weighted by Gasteiger charge is -2.11. The van der Waals surface area contributed by atoms with Gasteiger partial charge in [0.05, 0.1) is 5.69 Å². The van der Waals surface area contributed by atoms with Crippen LogP contribution in [0.2, 0.25) is 0 Å². The van der Waals surface area contributed by atoms with E-state index in [4.69, 9.17) is 0 Å². The molecule has 0 spiro atoms. The van der Waals surface area contributed by atoms with Crippen molar-refractivity contribution in [2.75, 3.05) is 12.0 Å². The standard InChI is InChI=1S/C10H16N2S/c1-9(8-13-2)12-7-10-5-3-4-6-11-10/h3-6,9,12H,7-8H2,1-2H3. The minimum atomic E-state index is 0.553. The molecule has 0 amide bonds. The van der Waals surface area contributed by atoms with Crippen LogP contribution in [0.1, 0.15) is 12.6 Å². The van der Waals surface area contributed by atoms with E-state index in [9.17, 15) is 0 Å². The first-order chi connectivity index (χ1) is 6.33. The molecule has 0 aromatic carbocycles. The van der Waals surface area contributed by atoms with E-state index >= 15 is 0 Å². The van der Waals surface area contributed by atoms with E-state index in [1.54, 1.807) is 0 Å². The van der Waals surface area contributed by atoms with Crippen LogP contribution in [0.5, 0.6) is 0 Å². The molecule has 72 valence electrons. The molecule has 0 aliphatic rings. The van der Waals surface area contributed by atoms with Crippen LogP contribution in [0, 0.1) is 0 Å². The summed E-state index contributed by atoms with van der Waals surface area (Å²) in [6.45, 7) is 3.06. The smallest absolute Gasteiger partial charge is 0.0541 e. The zero-order valence-electron chi connectivity index (χ0n) is 8.16. The summed E-state index contributed by atoms with van der Waals surface area (Å²) in [5.41, 5.74) is 1.11. The third-order valence-corrected chi connectivity index (χ3v) is 2.61. The van der Waals surface area contributed by atoms with Crippen LogP contribution in [-0.2, 0) is 6.54 Å². The Morgan fingerprint density at radius 1 is 1.54 bits per heavy atom. The van der Waals surface area contributed by atoms with E-state index in [1.807, 2.05) is 36.2 Å². The molecule has 1 aromatic rings. The van der Waals surface area contributed by atoms with Gasteiger partial charge >= 0.3 is 0 Å². The zero-order chi connectivity index (χ0) is 9.52. The highest BCUT2D eigenvalue weighted by Gasteiger charge is 1.99. The molecule has 2 nitrogen and oxygen atoms in total. The molecular weight excluding hydrogens is 180 g/mol. The maximum Gasteiger partial charge on any atom is 0.0541 e. The van der Waals surface area contributed by atoms with Gasteiger partial charge in [0.25, 0.3) is 0 Å². The minimum Gasteiger partial charge on any atom is -0.308 e. The zero-order valence-corrected chi connectivity index (χ0v) is 8.97. The Kier molecular flexibility index (Phi) is 4.86. The molecule has 0 fully saturated rings. The first kappa shape index (κ1) is 10.5. The molecule has 1 atom stereocenters. The molecule has 13 heavy (non-hydrogen) atoms. The molecule has 1 unspecified atom stereocenters. The molecule has 0 aliphatic heterocycles. The number of nitrogens with zero attached hydrogens (tertiary/aromatic N) is 1. The Bertz CT molecular complexity index is 226. The monoisotopic (exact) mass is 196 g/mol. The summed E-state index contributed by atoms with van der Waals surface area (Å²) in [5.74, 6) is 1.15. The summed E-state index contributed by atoms with van der Waals surface area (Å²) in [7, 11) is 0. The van der Waals surface area contributed by atoms with E-state index in [0.717, 1.165) is 18.0 Å². The molecule has 0 saturated heterocycles. The normalized spacial score (nSPS) is 12.8. The summed E-state index contributed by atoms with van der Waals surface area (Å²) >= 11 is 1.86. The third-order valence-electron chi connectivity index (χ3n) is 1.77. The summed E-state index contributed by atoms with van der Waals surface area (Å²) in [6.07, 6.45) is 3.95. The van der Waals surface area contributed by atoms with E-state index in [1.165, 1.54) is 0 Å². The lowest BCUT2D eigenvalue weighted by Crippen LogP contribution is -2.27. The molecule has 0 saturated carbocycles. The fourth-order valence-electron chi connectivity index (χ4n) is 1.09. The van der Waals surface area contributed by atoms with Crippen molar-refractivity contribution < 1.29 is 0 Å². The summed E-state index contributed by atoms with van der Waals surface area (Å²) < 4.78 is 0. The number of rotatable bonds is 5. The molecule has 1 rings (SSSR count). The molecule has 3 heteroatoms. The fraction of sp³-hybridized carbons (Fsp3) is 0.500. The van der Waals surface area contributed by atoms with E-state index < -0.39 is 0 Å². The van der Waals surface area contributed by atoms with E-state index in [-0.39, 0.29) is 0 Å². The van der Waals surface area contributed by atoms with Crippen LogP contribution in [0.15, 0.2) is 24.4 Å². The lowest BCUT2D eigenvalue weighted by molar-refractivity contribution is 0.588. The highest BCUT2D eigenvalue weighted by molar-refractivity contribution is 7.98. The molecule has 0 bridgehead atoms. The van der Waals surface area contributed by atoms with Crippen molar-refractivity contribution >= 4 is 11.8 Å². The van der Waals surface area contributed by atoms with Gasteiger partial charge in [-0.2, -0.15) is 11.8 Å². The topological polar surface area (TPSA) is 24.9 Å². The molecule has 1 aromatic heterocycles. The minimum absolute atomic E-state index is 0.553. The van der Waals surface area contributed by atoms with Crippen LogP contribution < -0.4 is 5.32 Å². The molecule has 0 radical (unpaired) electrons. The van der Waals surface area contributed by atoms with Crippen LogP contribution >= 0.6 is 11.8 Å². The van der Waals surface area contributed by atoms with Crippen LogP contribution in [0.25, 0.3) is 0 Å². The molecule has 1 N–H and O–H groups in total. The first-order valence-electron chi connectivity index (χ1n) is 4.45. The number of aromatic nitrogens is 1. The second-order valence-corrected chi connectivity index (χ2v) is 3.97. The molecule has 1 heterocycles. The number of thioether (sulfide) groups is 1. The number of pyridine rings is 1. The quantitative estimate of drug-likeness (QED) is 0.779.